The van der Waals surface area contributed by atoms with Gasteiger partial charge in [0, 0.05) is 21.8 Å². The standard InChI is InChI=1S/C15H15Cl2NO3/c1-3-4-5-6-14(19)21-10(2)15(20)18-13-8-11(16)7-12(17)9-13/h3-10H,1-2H3,(H,18,20)/b4-3+,6-5+/t10-/m1/s1. The molecule has 0 saturated heterocycles. The molecule has 0 radical (unpaired) electrons. The minimum atomic E-state index is -0.939. The Bertz CT molecular complexity index is 562. The van der Waals surface area contributed by atoms with Crippen LogP contribution in [0.1, 0.15) is 13.8 Å². The van der Waals surface area contributed by atoms with Crippen molar-refractivity contribution in [3.63, 3.8) is 0 Å². The zero-order valence-electron chi connectivity index (χ0n) is 11.6. The van der Waals surface area contributed by atoms with Crippen LogP contribution in [0.3, 0.4) is 0 Å². The van der Waals surface area contributed by atoms with Gasteiger partial charge in [-0.2, -0.15) is 0 Å². The van der Waals surface area contributed by atoms with Crippen molar-refractivity contribution in [2.24, 2.45) is 0 Å². The molecule has 0 spiro atoms. The number of nitrogens with one attached hydrogen (secondary N) is 1. The summed E-state index contributed by atoms with van der Waals surface area (Å²) < 4.78 is 4.95. The number of halogens is 2. The normalized spacial score (nSPS) is 12.6. The van der Waals surface area contributed by atoms with Crippen LogP contribution in [0.2, 0.25) is 10.0 Å². The number of benzene rings is 1. The van der Waals surface area contributed by atoms with Gasteiger partial charge in [0.1, 0.15) is 0 Å². The summed E-state index contributed by atoms with van der Waals surface area (Å²) in [5, 5.41) is 3.37. The first-order valence-electron chi connectivity index (χ1n) is 6.19. The van der Waals surface area contributed by atoms with E-state index in [0.717, 1.165) is 0 Å². The first kappa shape index (κ1) is 17.3. The largest absolute Gasteiger partial charge is 0.449 e. The van der Waals surface area contributed by atoms with E-state index in [1.165, 1.54) is 19.1 Å². The van der Waals surface area contributed by atoms with Gasteiger partial charge in [0.05, 0.1) is 0 Å². The number of allylic oxidation sites excluding steroid dienone is 3. The third-order valence-electron chi connectivity index (χ3n) is 2.33. The molecule has 0 aliphatic heterocycles. The van der Waals surface area contributed by atoms with Gasteiger partial charge in [-0.15, -0.1) is 0 Å². The molecular weight excluding hydrogens is 313 g/mol. The minimum Gasteiger partial charge on any atom is -0.449 e. The van der Waals surface area contributed by atoms with E-state index in [1.54, 1.807) is 30.4 Å². The van der Waals surface area contributed by atoms with Crippen LogP contribution >= 0.6 is 23.2 Å². The van der Waals surface area contributed by atoms with Crippen molar-refractivity contribution in [1.29, 1.82) is 0 Å². The zero-order chi connectivity index (χ0) is 15.8. The maximum Gasteiger partial charge on any atom is 0.331 e. The minimum absolute atomic E-state index is 0.400. The summed E-state index contributed by atoms with van der Waals surface area (Å²) in [6, 6.07) is 4.64. The van der Waals surface area contributed by atoms with Crippen LogP contribution in [0.5, 0.6) is 0 Å². The molecule has 0 fully saturated rings. The number of hydrogen-bond donors (Lipinski definition) is 1. The molecule has 0 aliphatic carbocycles. The molecule has 1 rings (SSSR count). The quantitative estimate of drug-likeness (QED) is 0.505. The Morgan fingerprint density at radius 1 is 1.19 bits per heavy atom. The molecule has 0 saturated carbocycles. The molecule has 0 unspecified atom stereocenters. The third-order valence-corrected chi connectivity index (χ3v) is 2.76. The van der Waals surface area contributed by atoms with Crippen LogP contribution in [-0.4, -0.2) is 18.0 Å². The van der Waals surface area contributed by atoms with Gasteiger partial charge in [0.15, 0.2) is 6.10 Å². The van der Waals surface area contributed by atoms with Crippen LogP contribution in [0.4, 0.5) is 5.69 Å². The van der Waals surface area contributed by atoms with Crippen LogP contribution in [0.25, 0.3) is 0 Å². The Morgan fingerprint density at radius 2 is 1.81 bits per heavy atom. The van der Waals surface area contributed by atoms with E-state index < -0.39 is 18.0 Å². The average molecular weight is 328 g/mol. The van der Waals surface area contributed by atoms with Gasteiger partial charge in [-0.1, -0.05) is 41.4 Å². The van der Waals surface area contributed by atoms with Crippen LogP contribution in [0.15, 0.2) is 42.5 Å². The Hall–Kier alpha value is -1.78. The molecule has 6 heteroatoms. The van der Waals surface area contributed by atoms with Crippen molar-refractivity contribution in [2.45, 2.75) is 20.0 Å². The highest BCUT2D eigenvalue weighted by Gasteiger charge is 2.16. The fraction of sp³-hybridized carbons (Fsp3) is 0.200. The molecule has 1 amide bonds. The highest BCUT2D eigenvalue weighted by atomic mass is 35.5. The lowest BCUT2D eigenvalue weighted by Gasteiger charge is -2.12. The van der Waals surface area contributed by atoms with Gasteiger partial charge >= 0.3 is 5.97 Å². The van der Waals surface area contributed by atoms with Gasteiger partial charge in [0.2, 0.25) is 0 Å². The second-order valence-electron chi connectivity index (χ2n) is 4.11. The van der Waals surface area contributed by atoms with Gasteiger partial charge in [-0.3, -0.25) is 4.79 Å². The lowest BCUT2D eigenvalue weighted by molar-refractivity contribution is -0.148. The van der Waals surface area contributed by atoms with Gasteiger partial charge in [-0.05, 0) is 32.0 Å². The molecule has 0 aliphatic rings. The second-order valence-corrected chi connectivity index (χ2v) is 4.98. The van der Waals surface area contributed by atoms with Crippen LogP contribution in [-0.2, 0) is 14.3 Å². The van der Waals surface area contributed by atoms with Gasteiger partial charge in [0.25, 0.3) is 5.91 Å². The highest BCUT2D eigenvalue weighted by molar-refractivity contribution is 6.35. The Kier molecular flexibility index (Phi) is 6.99. The first-order valence-corrected chi connectivity index (χ1v) is 6.95. The van der Waals surface area contributed by atoms with Crippen molar-refractivity contribution in [1.82, 2.24) is 0 Å². The van der Waals surface area contributed by atoms with E-state index in [4.69, 9.17) is 27.9 Å². The summed E-state index contributed by atoms with van der Waals surface area (Å²) >= 11 is 11.7. The molecule has 21 heavy (non-hydrogen) atoms. The maximum absolute atomic E-state index is 11.9. The lowest BCUT2D eigenvalue weighted by Crippen LogP contribution is -2.29. The first-order chi connectivity index (χ1) is 9.92. The lowest BCUT2D eigenvalue weighted by atomic mass is 10.3. The summed E-state index contributed by atoms with van der Waals surface area (Å²) in [6.07, 6.45) is 5.28. The van der Waals surface area contributed by atoms with Crippen molar-refractivity contribution in [3.8, 4) is 0 Å². The topological polar surface area (TPSA) is 55.4 Å². The number of hydrogen-bond acceptors (Lipinski definition) is 3. The summed E-state index contributed by atoms with van der Waals surface area (Å²) in [5.41, 5.74) is 0.435. The Morgan fingerprint density at radius 3 is 2.38 bits per heavy atom. The van der Waals surface area contributed by atoms with Gasteiger partial charge in [-0.25, -0.2) is 4.79 Å². The number of esters is 1. The molecule has 1 atom stereocenters. The Labute approximate surface area is 133 Å². The van der Waals surface area contributed by atoms with E-state index in [2.05, 4.69) is 5.32 Å². The van der Waals surface area contributed by atoms with Crippen molar-refractivity contribution in [2.75, 3.05) is 5.32 Å². The smallest absolute Gasteiger partial charge is 0.331 e. The maximum atomic E-state index is 11.9. The van der Waals surface area contributed by atoms with E-state index >= 15 is 0 Å². The number of ether oxygens (including phenoxy) is 1. The number of anilines is 1. The zero-order valence-corrected chi connectivity index (χ0v) is 13.1. The average Bonchev–Trinajstić information content (AvgIpc) is 2.37. The van der Waals surface area contributed by atoms with E-state index in [-0.39, 0.29) is 0 Å². The molecule has 1 aromatic rings. The van der Waals surface area contributed by atoms with E-state index in [0.29, 0.717) is 15.7 Å². The second kappa shape index (κ2) is 8.49. The number of amides is 1. The molecule has 1 N–H and O–H groups in total. The molecule has 112 valence electrons. The van der Waals surface area contributed by atoms with Crippen molar-refractivity contribution < 1.29 is 14.3 Å². The predicted molar refractivity (Wildman–Crippen MR) is 84.6 cm³/mol. The molecule has 0 bridgehead atoms. The number of carbonyl (C=O) groups is 2. The molecule has 0 heterocycles. The van der Waals surface area contributed by atoms with E-state index in [1.807, 2.05) is 6.92 Å². The van der Waals surface area contributed by atoms with Crippen LogP contribution < -0.4 is 5.32 Å². The van der Waals surface area contributed by atoms with Crippen molar-refractivity contribution in [3.05, 3.63) is 52.5 Å². The predicted octanol–water partition coefficient (Wildman–Crippen LogP) is 4.00. The third kappa shape index (κ3) is 6.47. The molecular formula is C15H15Cl2NO3. The monoisotopic (exact) mass is 327 g/mol. The molecule has 0 aromatic heterocycles. The Balaban J connectivity index is 2.60. The summed E-state index contributed by atoms with van der Waals surface area (Å²) in [6.45, 7) is 3.30. The van der Waals surface area contributed by atoms with Crippen LogP contribution in [0, 0.1) is 0 Å². The fourth-order valence-corrected chi connectivity index (χ4v) is 1.91. The summed E-state index contributed by atoms with van der Waals surface area (Å²) in [5.74, 6) is -1.07. The van der Waals surface area contributed by atoms with Crippen molar-refractivity contribution >= 4 is 40.8 Å². The summed E-state index contributed by atoms with van der Waals surface area (Å²) in [7, 11) is 0. The van der Waals surface area contributed by atoms with Gasteiger partial charge < -0.3 is 10.1 Å². The number of carbonyl (C=O) groups excluding carboxylic acids is 2. The summed E-state index contributed by atoms with van der Waals surface area (Å²) in [4.78, 5) is 23.3. The molecule has 1 aromatic carbocycles. The highest BCUT2D eigenvalue weighted by Crippen LogP contribution is 2.22. The van der Waals surface area contributed by atoms with E-state index in [9.17, 15) is 9.59 Å². The fourth-order valence-electron chi connectivity index (χ4n) is 1.38. The number of rotatable bonds is 5. The SMILES string of the molecule is C/C=C/C=C/C(=O)O[C@H](C)C(=O)Nc1cc(Cl)cc(Cl)c1. The molecule has 4 nitrogen and oxygen atoms in total.